The van der Waals surface area contributed by atoms with E-state index in [1.165, 1.54) is 14.2 Å². The fourth-order valence-electron chi connectivity index (χ4n) is 2.44. The number of unbranched alkanes of at least 4 members (excludes halogenated alkanes) is 1. The standard InChI is InChI=1S/C15H25BrO6/c1-19-13(17)7-3-4-9-15(21-10-11-22-15)12(16)6-5-8-14(18)20-2/h12H,3-11H2,1-2H3. The average molecular weight is 381 g/mol. The van der Waals surface area contributed by atoms with Gasteiger partial charge in [-0.05, 0) is 25.7 Å². The van der Waals surface area contributed by atoms with Crippen LogP contribution in [-0.2, 0) is 28.5 Å². The average Bonchev–Trinajstić information content (AvgIpc) is 3.01. The zero-order valence-corrected chi connectivity index (χ0v) is 14.9. The number of ether oxygens (including phenoxy) is 4. The summed E-state index contributed by atoms with van der Waals surface area (Å²) in [5.41, 5.74) is 0. The zero-order valence-electron chi connectivity index (χ0n) is 13.3. The van der Waals surface area contributed by atoms with E-state index in [0.717, 1.165) is 19.3 Å². The fourth-order valence-corrected chi connectivity index (χ4v) is 3.26. The third kappa shape index (κ3) is 6.22. The number of halogens is 1. The molecule has 1 atom stereocenters. The SMILES string of the molecule is COC(=O)CCCCC1(C(Br)CCCC(=O)OC)OCCO1. The van der Waals surface area contributed by atoms with Gasteiger partial charge in [-0.1, -0.05) is 15.9 Å². The molecule has 1 aliphatic rings. The molecular formula is C15H25BrO6. The van der Waals surface area contributed by atoms with Crippen LogP contribution >= 0.6 is 15.9 Å². The molecule has 1 fully saturated rings. The van der Waals surface area contributed by atoms with Gasteiger partial charge in [-0.25, -0.2) is 0 Å². The van der Waals surface area contributed by atoms with Gasteiger partial charge in [0.25, 0.3) is 0 Å². The molecule has 0 spiro atoms. The lowest BCUT2D eigenvalue weighted by Gasteiger charge is -2.32. The Morgan fingerprint density at radius 1 is 1.05 bits per heavy atom. The van der Waals surface area contributed by atoms with Crippen molar-refractivity contribution in [3.63, 3.8) is 0 Å². The van der Waals surface area contributed by atoms with Crippen LogP contribution < -0.4 is 0 Å². The molecule has 0 radical (unpaired) electrons. The fraction of sp³-hybridized carbons (Fsp3) is 0.867. The molecule has 1 aliphatic heterocycles. The molecule has 128 valence electrons. The Hall–Kier alpha value is -0.660. The van der Waals surface area contributed by atoms with Crippen molar-refractivity contribution in [3.05, 3.63) is 0 Å². The Kier molecular flexibility index (Phi) is 8.97. The number of carbonyl (C=O) groups excluding carboxylic acids is 2. The lowest BCUT2D eigenvalue weighted by Crippen LogP contribution is -2.40. The summed E-state index contributed by atoms with van der Waals surface area (Å²) in [5.74, 6) is -1.07. The van der Waals surface area contributed by atoms with Crippen LogP contribution in [0, 0.1) is 0 Å². The van der Waals surface area contributed by atoms with Crippen LogP contribution in [0.2, 0.25) is 0 Å². The molecule has 0 bridgehead atoms. The van der Waals surface area contributed by atoms with E-state index in [9.17, 15) is 9.59 Å². The Bertz CT molecular complexity index is 354. The molecule has 6 nitrogen and oxygen atoms in total. The first-order chi connectivity index (χ1) is 10.5. The second-order valence-corrected chi connectivity index (χ2v) is 6.33. The van der Waals surface area contributed by atoms with E-state index in [0.29, 0.717) is 38.9 Å². The summed E-state index contributed by atoms with van der Waals surface area (Å²) in [6, 6.07) is 0. The Morgan fingerprint density at radius 2 is 1.59 bits per heavy atom. The molecule has 0 aromatic rings. The molecule has 0 saturated carbocycles. The quantitative estimate of drug-likeness (QED) is 0.329. The van der Waals surface area contributed by atoms with Crippen LogP contribution in [0.1, 0.15) is 44.9 Å². The molecule has 1 saturated heterocycles. The van der Waals surface area contributed by atoms with E-state index in [1.54, 1.807) is 0 Å². The number of esters is 2. The second kappa shape index (κ2) is 10.2. The summed E-state index contributed by atoms with van der Waals surface area (Å²) in [4.78, 5) is 22.3. The van der Waals surface area contributed by atoms with Gasteiger partial charge < -0.3 is 18.9 Å². The van der Waals surface area contributed by atoms with Gasteiger partial charge in [-0.2, -0.15) is 0 Å². The maximum atomic E-state index is 11.2. The first-order valence-electron chi connectivity index (χ1n) is 7.59. The second-order valence-electron chi connectivity index (χ2n) is 5.23. The molecule has 1 heterocycles. The lowest BCUT2D eigenvalue weighted by molar-refractivity contribution is -0.163. The third-order valence-electron chi connectivity index (χ3n) is 3.70. The Morgan fingerprint density at radius 3 is 2.14 bits per heavy atom. The predicted octanol–water partition coefficient (Wildman–Crippen LogP) is 2.57. The highest BCUT2D eigenvalue weighted by atomic mass is 79.9. The van der Waals surface area contributed by atoms with Crippen molar-refractivity contribution in [2.24, 2.45) is 0 Å². The Balaban J connectivity index is 2.37. The van der Waals surface area contributed by atoms with Gasteiger partial charge in [0, 0.05) is 19.3 Å². The van der Waals surface area contributed by atoms with Crippen molar-refractivity contribution < 1.29 is 28.5 Å². The van der Waals surface area contributed by atoms with Gasteiger partial charge in [-0.3, -0.25) is 9.59 Å². The number of rotatable bonds is 10. The van der Waals surface area contributed by atoms with Crippen molar-refractivity contribution in [1.82, 2.24) is 0 Å². The van der Waals surface area contributed by atoms with Gasteiger partial charge in [0.2, 0.25) is 0 Å². The van der Waals surface area contributed by atoms with Crippen molar-refractivity contribution in [2.75, 3.05) is 27.4 Å². The summed E-state index contributed by atoms with van der Waals surface area (Å²) in [7, 11) is 2.78. The first kappa shape index (κ1) is 19.4. The highest BCUT2D eigenvalue weighted by Crippen LogP contribution is 2.36. The lowest BCUT2D eigenvalue weighted by atomic mass is 10.0. The number of methoxy groups -OCH3 is 2. The number of hydrogen-bond donors (Lipinski definition) is 0. The largest absolute Gasteiger partial charge is 0.469 e. The molecule has 7 heteroatoms. The zero-order chi connectivity index (χ0) is 16.4. The van der Waals surface area contributed by atoms with Crippen LogP contribution in [0.15, 0.2) is 0 Å². The van der Waals surface area contributed by atoms with Crippen LogP contribution in [-0.4, -0.2) is 50.0 Å². The monoisotopic (exact) mass is 380 g/mol. The predicted molar refractivity (Wildman–Crippen MR) is 83.7 cm³/mol. The van der Waals surface area contributed by atoms with Crippen LogP contribution in [0.5, 0.6) is 0 Å². The minimum atomic E-state index is -0.660. The van der Waals surface area contributed by atoms with Gasteiger partial charge in [0.05, 0.1) is 32.3 Å². The normalized spacial score (nSPS) is 18.0. The van der Waals surface area contributed by atoms with E-state index in [-0.39, 0.29) is 16.8 Å². The highest BCUT2D eigenvalue weighted by Gasteiger charge is 2.42. The van der Waals surface area contributed by atoms with Crippen LogP contribution in [0.4, 0.5) is 0 Å². The highest BCUT2D eigenvalue weighted by molar-refractivity contribution is 9.09. The van der Waals surface area contributed by atoms with Crippen molar-refractivity contribution in [1.29, 1.82) is 0 Å². The number of carbonyl (C=O) groups is 2. The number of hydrogen-bond acceptors (Lipinski definition) is 6. The van der Waals surface area contributed by atoms with Gasteiger partial charge in [-0.15, -0.1) is 0 Å². The minimum absolute atomic E-state index is 0.00489. The smallest absolute Gasteiger partial charge is 0.305 e. The van der Waals surface area contributed by atoms with E-state index < -0.39 is 5.79 Å². The molecule has 22 heavy (non-hydrogen) atoms. The molecular weight excluding hydrogens is 356 g/mol. The van der Waals surface area contributed by atoms with Crippen molar-refractivity contribution in [3.8, 4) is 0 Å². The maximum absolute atomic E-state index is 11.2. The summed E-state index contributed by atoms with van der Waals surface area (Å²) in [6.45, 7) is 1.13. The summed E-state index contributed by atoms with van der Waals surface area (Å²) in [5, 5.41) is 0. The van der Waals surface area contributed by atoms with E-state index in [2.05, 4.69) is 25.4 Å². The molecule has 0 aromatic carbocycles. The van der Waals surface area contributed by atoms with E-state index in [1.807, 2.05) is 0 Å². The molecule has 0 aromatic heterocycles. The van der Waals surface area contributed by atoms with E-state index in [4.69, 9.17) is 9.47 Å². The Labute approximate surface area is 139 Å². The first-order valence-corrected chi connectivity index (χ1v) is 8.51. The third-order valence-corrected chi connectivity index (χ3v) is 4.86. The van der Waals surface area contributed by atoms with Gasteiger partial charge >= 0.3 is 11.9 Å². The number of alkyl halides is 1. The minimum Gasteiger partial charge on any atom is -0.469 e. The van der Waals surface area contributed by atoms with Crippen molar-refractivity contribution in [2.45, 2.75) is 55.6 Å². The molecule has 1 unspecified atom stereocenters. The molecule has 1 rings (SSSR count). The molecule has 0 amide bonds. The maximum Gasteiger partial charge on any atom is 0.305 e. The summed E-state index contributed by atoms with van der Waals surface area (Å²) >= 11 is 3.63. The van der Waals surface area contributed by atoms with Gasteiger partial charge in [0.15, 0.2) is 5.79 Å². The van der Waals surface area contributed by atoms with Crippen LogP contribution in [0.25, 0.3) is 0 Å². The van der Waals surface area contributed by atoms with E-state index >= 15 is 0 Å². The molecule has 0 aliphatic carbocycles. The van der Waals surface area contributed by atoms with Crippen LogP contribution in [0.3, 0.4) is 0 Å². The van der Waals surface area contributed by atoms with Crippen molar-refractivity contribution >= 4 is 27.9 Å². The summed E-state index contributed by atoms with van der Waals surface area (Å²) < 4.78 is 20.9. The summed E-state index contributed by atoms with van der Waals surface area (Å²) in [6.07, 6.45) is 4.51. The topological polar surface area (TPSA) is 71.1 Å². The van der Waals surface area contributed by atoms with Gasteiger partial charge in [0.1, 0.15) is 0 Å². The molecule has 0 N–H and O–H groups in total.